The van der Waals surface area contributed by atoms with Crippen molar-refractivity contribution in [1.82, 2.24) is 9.80 Å². The minimum Gasteiger partial charge on any atom is -0.464 e. The van der Waals surface area contributed by atoms with Crippen LogP contribution in [0.1, 0.15) is 41.1 Å². The lowest BCUT2D eigenvalue weighted by atomic mass is 10.1. The summed E-state index contributed by atoms with van der Waals surface area (Å²) in [6, 6.07) is 8.27. The van der Waals surface area contributed by atoms with Crippen LogP contribution in [0.15, 0.2) is 52.9 Å². The molecule has 2 aromatic carbocycles. The minimum atomic E-state index is -5.10. The summed E-state index contributed by atoms with van der Waals surface area (Å²) in [6.07, 6.45) is -9.45. The van der Waals surface area contributed by atoms with Gasteiger partial charge < -0.3 is 33.7 Å². The van der Waals surface area contributed by atoms with E-state index in [-0.39, 0.29) is 32.5 Å². The zero-order valence-corrected chi connectivity index (χ0v) is 24.0. The lowest BCUT2D eigenvalue weighted by molar-refractivity contribution is -0.143. The third-order valence-corrected chi connectivity index (χ3v) is 7.21. The summed E-state index contributed by atoms with van der Waals surface area (Å²) in [5.41, 5.74) is -3.22. The van der Waals surface area contributed by atoms with Crippen molar-refractivity contribution in [1.29, 1.82) is 0 Å². The molecule has 0 aliphatic carbocycles. The first-order valence-electron chi connectivity index (χ1n) is 13.9. The molecule has 9 nitrogen and oxygen atoms in total. The van der Waals surface area contributed by atoms with E-state index in [0.29, 0.717) is 60.2 Å². The van der Waals surface area contributed by atoms with Crippen molar-refractivity contribution in [3.05, 3.63) is 76.7 Å². The van der Waals surface area contributed by atoms with Gasteiger partial charge in [0.25, 0.3) is 0 Å². The highest BCUT2D eigenvalue weighted by Gasteiger charge is 2.37. The first kappa shape index (κ1) is 32.0. The molecule has 242 valence electrons. The predicted octanol–water partition coefficient (Wildman–Crippen LogP) is 6.60. The number of benzene rings is 2. The van der Waals surface area contributed by atoms with E-state index in [9.17, 15) is 35.9 Å². The first-order chi connectivity index (χ1) is 21.2. The quantitative estimate of drug-likeness (QED) is 0.265. The second-order valence-electron chi connectivity index (χ2n) is 10.7. The summed E-state index contributed by atoms with van der Waals surface area (Å²) in [6.45, 7) is 1.59. The van der Waals surface area contributed by atoms with Crippen LogP contribution in [0.25, 0.3) is 0 Å². The molecule has 3 heterocycles. The third-order valence-electron chi connectivity index (χ3n) is 7.21. The van der Waals surface area contributed by atoms with Crippen molar-refractivity contribution in [2.45, 2.75) is 51.3 Å². The fraction of sp³-hybridized carbons (Fsp3) is 0.400. The number of fused-ring (bicyclic) bond motifs is 1. The number of rotatable bonds is 9. The molecule has 1 aromatic heterocycles. The number of aryl methyl sites for hydroxylation is 1. The van der Waals surface area contributed by atoms with E-state index in [4.69, 9.17) is 18.6 Å². The van der Waals surface area contributed by atoms with E-state index in [0.717, 1.165) is 4.90 Å². The number of nitrogens with zero attached hydrogens (tertiary/aromatic N) is 2. The van der Waals surface area contributed by atoms with Crippen molar-refractivity contribution >= 4 is 17.6 Å². The average molecular weight is 642 g/mol. The van der Waals surface area contributed by atoms with E-state index in [1.807, 2.05) is 0 Å². The molecule has 45 heavy (non-hydrogen) atoms. The number of ether oxygens (including phenoxy) is 3. The van der Waals surface area contributed by atoms with Crippen molar-refractivity contribution in [3.8, 4) is 11.5 Å². The standard InChI is InChI=1S/C30H29F6N3O6/c1-18-4-6-24(45-18)15-38(13-19-5-7-25-26(9-19)44-17-43-25)27(40)16-39(14-23-3-2-8-42-23)28(41)37-22-11-20(29(31,32)33)10-21(12-22)30(34,35)36/h4-7,9-12,23H,2-3,8,13-17H2,1H3,(H,37,41)/t23-/m0/s1. The van der Waals surface area contributed by atoms with E-state index < -0.39 is 53.8 Å². The van der Waals surface area contributed by atoms with Gasteiger partial charge in [-0.3, -0.25) is 4.79 Å². The number of hydrogen-bond donors (Lipinski definition) is 1. The van der Waals surface area contributed by atoms with Crippen LogP contribution >= 0.6 is 0 Å². The van der Waals surface area contributed by atoms with E-state index in [1.54, 1.807) is 37.3 Å². The molecular weight excluding hydrogens is 612 g/mol. The summed E-state index contributed by atoms with van der Waals surface area (Å²) in [4.78, 5) is 29.6. The number of hydrogen-bond acceptors (Lipinski definition) is 6. The smallest absolute Gasteiger partial charge is 0.416 e. The summed E-state index contributed by atoms with van der Waals surface area (Å²) >= 11 is 0. The van der Waals surface area contributed by atoms with Gasteiger partial charge in [0.1, 0.15) is 18.1 Å². The van der Waals surface area contributed by atoms with Gasteiger partial charge in [-0.25, -0.2) is 4.79 Å². The van der Waals surface area contributed by atoms with Gasteiger partial charge in [-0.2, -0.15) is 26.3 Å². The van der Waals surface area contributed by atoms with Gasteiger partial charge in [0.05, 0.1) is 23.8 Å². The second-order valence-corrected chi connectivity index (χ2v) is 10.7. The fourth-order valence-electron chi connectivity index (χ4n) is 5.00. The predicted molar refractivity (Wildman–Crippen MR) is 146 cm³/mol. The Morgan fingerprint density at radius 3 is 2.22 bits per heavy atom. The SMILES string of the molecule is Cc1ccc(CN(Cc2ccc3c(c2)OCO3)C(=O)CN(C[C@@H]2CCCO2)C(=O)Nc2cc(C(F)(F)F)cc(C(F)(F)F)c2)o1. The zero-order valence-electron chi connectivity index (χ0n) is 24.0. The van der Waals surface area contributed by atoms with Gasteiger partial charge >= 0.3 is 18.4 Å². The molecule has 2 aliphatic heterocycles. The lowest BCUT2D eigenvalue weighted by Gasteiger charge is -2.29. The summed E-state index contributed by atoms with van der Waals surface area (Å²) in [5, 5.41) is 2.13. The minimum absolute atomic E-state index is 0.0130. The number of halogens is 6. The van der Waals surface area contributed by atoms with Crippen LogP contribution in [0.2, 0.25) is 0 Å². The maximum Gasteiger partial charge on any atom is 0.416 e. The average Bonchev–Trinajstić information content (AvgIpc) is 3.74. The van der Waals surface area contributed by atoms with Crippen LogP contribution in [-0.4, -0.2) is 54.3 Å². The lowest BCUT2D eigenvalue weighted by Crippen LogP contribution is -2.46. The normalized spacial score (nSPS) is 16.1. The Kier molecular flexibility index (Phi) is 9.18. The van der Waals surface area contributed by atoms with Crippen LogP contribution < -0.4 is 14.8 Å². The van der Waals surface area contributed by atoms with Crippen LogP contribution in [-0.2, 0) is 35.0 Å². The Balaban J connectivity index is 1.39. The fourth-order valence-corrected chi connectivity index (χ4v) is 5.00. The number of anilines is 1. The molecule has 1 saturated heterocycles. The molecule has 3 aromatic rings. The molecule has 0 bridgehead atoms. The molecule has 0 radical (unpaired) electrons. The molecule has 0 unspecified atom stereocenters. The van der Waals surface area contributed by atoms with E-state index >= 15 is 0 Å². The highest BCUT2D eigenvalue weighted by molar-refractivity contribution is 5.92. The zero-order chi connectivity index (χ0) is 32.4. The van der Waals surface area contributed by atoms with Crippen molar-refractivity contribution < 1.29 is 54.6 Å². The number of amides is 3. The second kappa shape index (κ2) is 12.9. The molecule has 1 N–H and O–H groups in total. The molecule has 1 atom stereocenters. The highest BCUT2D eigenvalue weighted by atomic mass is 19.4. The van der Waals surface area contributed by atoms with Crippen LogP contribution in [0.4, 0.5) is 36.8 Å². The molecule has 3 amide bonds. The van der Waals surface area contributed by atoms with Gasteiger partial charge in [0.15, 0.2) is 11.5 Å². The van der Waals surface area contributed by atoms with Crippen molar-refractivity contribution in [3.63, 3.8) is 0 Å². The van der Waals surface area contributed by atoms with Gasteiger partial charge in [-0.05, 0) is 67.8 Å². The molecule has 0 saturated carbocycles. The van der Waals surface area contributed by atoms with Crippen LogP contribution in [0, 0.1) is 6.92 Å². The maximum atomic E-state index is 13.8. The molecule has 0 spiro atoms. The van der Waals surface area contributed by atoms with E-state index in [1.165, 1.54) is 4.90 Å². The number of carbonyl (C=O) groups is 2. The number of furan rings is 1. The van der Waals surface area contributed by atoms with Crippen molar-refractivity contribution in [2.75, 3.05) is 31.8 Å². The van der Waals surface area contributed by atoms with Gasteiger partial charge in [-0.1, -0.05) is 6.07 Å². The monoisotopic (exact) mass is 641 g/mol. The van der Waals surface area contributed by atoms with Gasteiger partial charge in [-0.15, -0.1) is 0 Å². The first-order valence-corrected chi connectivity index (χ1v) is 13.9. The Hall–Kier alpha value is -4.40. The number of carbonyl (C=O) groups excluding carboxylic acids is 2. The third kappa shape index (κ3) is 8.21. The Morgan fingerprint density at radius 1 is 0.889 bits per heavy atom. The van der Waals surface area contributed by atoms with Crippen LogP contribution in [0.5, 0.6) is 11.5 Å². The Bertz CT molecular complexity index is 1500. The topological polar surface area (TPSA) is 93.5 Å². The molecule has 2 aliphatic rings. The molecule has 1 fully saturated rings. The van der Waals surface area contributed by atoms with E-state index in [2.05, 4.69) is 5.32 Å². The Morgan fingerprint density at radius 2 is 1.60 bits per heavy atom. The van der Waals surface area contributed by atoms with Crippen molar-refractivity contribution in [2.24, 2.45) is 0 Å². The van der Waals surface area contributed by atoms with Gasteiger partial charge in [0.2, 0.25) is 12.7 Å². The van der Waals surface area contributed by atoms with Crippen LogP contribution in [0.3, 0.4) is 0 Å². The molecule has 5 rings (SSSR count). The number of alkyl halides is 6. The Labute approximate surface area is 253 Å². The highest BCUT2D eigenvalue weighted by Crippen LogP contribution is 2.38. The maximum absolute atomic E-state index is 13.8. The summed E-state index contributed by atoms with van der Waals surface area (Å²) in [5.74, 6) is 1.54. The number of urea groups is 1. The largest absolute Gasteiger partial charge is 0.464 e. The summed E-state index contributed by atoms with van der Waals surface area (Å²) < 4.78 is 103. The molecular formula is C30H29F6N3O6. The summed E-state index contributed by atoms with van der Waals surface area (Å²) in [7, 11) is 0. The number of nitrogens with one attached hydrogen (secondary N) is 1. The van der Waals surface area contributed by atoms with Gasteiger partial charge in [0, 0.05) is 25.4 Å². The molecule has 15 heteroatoms.